The Kier molecular flexibility index (Phi) is 3.96. The van der Waals surface area contributed by atoms with Gasteiger partial charge in [0.05, 0.1) is 26.3 Å². The molecule has 0 unspecified atom stereocenters. The van der Waals surface area contributed by atoms with Crippen LogP contribution in [0.4, 0.5) is 0 Å². The van der Waals surface area contributed by atoms with Crippen LogP contribution in [0.1, 0.15) is 0 Å². The first kappa shape index (κ1) is 14.7. The largest absolute Gasteiger partial charge is 0.313 e. The van der Waals surface area contributed by atoms with Crippen LogP contribution in [-0.2, 0) is 5.88 Å². The molecule has 110 valence electrons. The predicted molar refractivity (Wildman–Crippen MR) is 101 cm³/mol. The SMILES string of the molecule is S=c1sc2ccccc2n1CSc1nc2cc(Cl)ccc2s1. The van der Waals surface area contributed by atoms with E-state index in [0.29, 0.717) is 0 Å². The van der Waals surface area contributed by atoms with Crippen molar-refractivity contribution < 1.29 is 0 Å². The summed E-state index contributed by atoms with van der Waals surface area (Å²) >= 11 is 16.5. The fourth-order valence-electron chi connectivity index (χ4n) is 2.20. The van der Waals surface area contributed by atoms with Crippen LogP contribution >= 0.6 is 58.3 Å². The van der Waals surface area contributed by atoms with Crippen molar-refractivity contribution in [3.63, 3.8) is 0 Å². The predicted octanol–water partition coefficient (Wildman–Crippen LogP) is 6.45. The van der Waals surface area contributed by atoms with E-state index in [1.165, 1.54) is 10.2 Å². The van der Waals surface area contributed by atoms with Gasteiger partial charge in [-0.3, -0.25) is 0 Å². The maximum absolute atomic E-state index is 6.01. The van der Waals surface area contributed by atoms with E-state index in [2.05, 4.69) is 21.7 Å². The van der Waals surface area contributed by atoms with Gasteiger partial charge in [0.1, 0.15) is 0 Å². The van der Waals surface area contributed by atoms with Gasteiger partial charge in [-0.1, -0.05) is 35.5 Å². The quantitative estimate of drug-likeness (QED) is 0.300. The summed E-state index contributed by atoms with van der Waals surface area (Å²) in [6.45, 7) is 0. The van der Waals surface area contributed by atoms with E-state index in [1.54, 1.807) is 34.4 Å². The van der Waals surface area contributed by atoms with Crippen molar-refractivity contribution in [1.29, 1.82) is 0 Å². The minimum absolute atomic E-state index is 0.723. The topological polar surface area (TPSA) is 17.8 Å². The van der Waals surface area contributed by atoms with Gasteiger partial charge in [0.15, 0.2) is 8.29 Å². The van der Waals surface area contributed by atoms with Crippen molar-refractivity contribution in [1.82, 2.24) is 9.55 Å². The summed E-state index contributed by atoms with van der Waals surface area (Å²) in [4.78, 5) is 4.64. The maximum Gasteiger partial charge on any atom is 0.162 e. The second kappa shape index (κ2) is 5.94. The molecule has 2 aromatic heterocycles. The first-order valence-electron chi connectivity index (χ1n) is 6.48. The van der Waals surface area contributed by atoms with Crippen LogP contribution in [-0.4, -0.2) is 9.55 Å². The molecule has 0 saturated heterocycles. The van der Waals surface area contributed by atoms with E-state index in [1.807, 2.05) is 30.3 Å². The summed E-state index contributed by atoms with van der Waals surface area (Å²) in [5.74, 6) is 0.774. The van der Waals surface area contributed by atoms with E-state index in [-0.39, 0.29) is 0 Å². The number of nitrogens with zero attached hydrogens (tertiary/aromatic N) is 2. The standard InChI is InChI=1S/C15H9ClN2S4/c16-9-5-6-12-10(7-9)17-14(21-12)20-8-18-11-3-1-2-4-13(11)22-15(18)19/h1-7H,8H2. The van der Waals surface area contributed by atoms with Gasteiger partial charge in [0, 0.05) is 5.02 Å². The molecule has 0 atom stereocenters. The minimum Gasteiger partial charge on any atom is -0.313 e. The Morgan fingerprint density at radius 2 is 2.00 bits per heavy atom. The van der Waals surface area contributed by atoms with Crippen LogP contribution < -0.4 is 0 Å². The number of thioether (sulfide) groups is 1. The number of thiazole rings is 2. The van der Waals surface area contributed by atoms with Crippen LogP contribution in [0.25, 0.3) is 20.4 Å². The lowest BCUT2D eigenvalue weighted by molar-refractivity contribution is 0.935. The summed E-state index contributed by atoms with van der Waals surface area (Å²) < 4.78 is 6.49. The van der Waals surface area contributed by atoms with Gasteiger partial charge >= 0.3 is 0 Å². The van der Waals surface area contributed by atoms with Gasteiger partial charge < -0.3 is 4.57 Å². The van der Waals surface area contributed by atoms with Gasteiger partial charge in [-0.2, -0.15) is 0 Å². The summed E-state index contributed by atoms with van der Waals surface area (Å²) in [6, 6.07) is 14.1. The number of rotatable bonds is 3. The second-order valence-corrected chi connectivity index (χ2v) is 8.96. The Bertz CT molecular complexity index is 1030. The molecule has 0 aliphatic carbocycles. The van der Waals surface area contributed by atoms with Crippen molar-refractivity contribution in [3.8, 4) is 0 Å². The number of para-hydroxylation sites is 1. The molecule has 2 nitrogen and oxygen atoms in total. The highest BCUT2D eigenvalue weighted by molar-refractivity contribution is 8.00. The Morgan fingerprint density at radius 1 is 1.14 bits per heavy atom. The molecule has 0 spiro atoms. The Hall–Kier alpha value is -0.920. The maximum atomic E-state index is 6.01. The Balaban J connectivity index is 1.65. The number of hydrogen-bond acceptors (Lipinski definition) is 5. The zero-order valence-electron chi connectivity index (χ0n) is 11.2. The number of hydrogen-bond donors (Lipinski definition) is 0. The normalized spacial score (nSPS) is 11.5. The lowest BCUT2D eigenvalue weighted by Crippen LogP contribution is -1.93. The lowest BCUT2D eigenvalue weighted by Gasteiger charge is -2.02. The molecular formula is C15H9ClN2S4. The van der Waals surface area contributed by atoms with Crippen LogP contribution in [0.5, 0.6) is 0 Å². The van der Waals surface area contributed by atoms with Crippen molar-refractivity contribution in [3.05, 3.63) is 51.4 Å². The monoisotopic (exact) mass is 380 g/mol. The molecule has 0 N–H and O–H groups in total. The first-order chi connectivity index (χ1) is 10.7. The minimum atomic E-state index is 0.723. The fourth-order valence-corrected chi connectivity index (χ4v) is 5.86. The van der Waals surface area contributed by atoms with Crippen LogP contribution in [0.15, 0.2) is 46.8 Å². The van der Waals surface area contributed by atoms with Crippen molar-refractivity contribution in [2.45, 2.75) is 10.2 Å². The summed E-state index contributed by atoms with van der Waals surface area (Å²) in [6.07, 6.45) is 0. The molecule has 2 heterocycles. The highest BCUT2D eigenvalue weighted by Gasteiger charge is 2.08. The van der Waals surface area contributed by atoms with Crippen LogP contribution in [0, 0.1) is 3.95 Å². The fraction of sp³-hybridized carbons (Fsp3) is 0.0667. The molecule has 0 bridgehead atoms. The zero-order valence-corrected chi connectivity index (χ0v) is 15.2. The highest BCUT2D eigenvalue weighted by atomic mass is 35.5. The van der Waals surface area contributed by atoms with Gasteiger partial charge in [0.25, 0.3) is 0 Å². The van der Waals surface area contributed by atoms with Crippen molar-refractivity contribution in [2.24, 2.45) is 0 Å². The third kappa shape index (κ3) is 2.70. The molecule has 2 aromatic carbocycles. The lowest BCUT2D eigenvalue weighted by atomic mass is 10.3. The average molecular weight is 381 g/mol. The zero-order chi connectivity index (χ0) is 15.1. The van der Waals surface area contributed by atoms with Crippen LogP contribution in [0.3, 0.4) is 0 Å². The van der Waals surface area contributed by atoms with E-state index >= 15 is 0 Å². The van der Waals surface area contributed by atoms with Gasteiger partial charge in [-0.05, 0) is 42.5 Å². The summed E-state index contributed by atoms with van der Waals surface area (Å²) in [7, 11) is 0. The molecule has 0 radical (unpaired) electrons. The molecule has 22 heavy (non-hydrogen) atoms. The van der Waals surface area contributed by atoms with Crippen LogP contribution in [0.2, 0.25) is 5.02 Å². The van der Waals surface area contributed by atoms with Crippen molar-refractivity contribution in [2.75, 3.05) is 0 Å². The van der Waals surface area contributed by atoms with Gasteiger partial charge in [0.2, 0.25) is 0 Å². The van der Waals surface area contributed by atoms with E-state index in [0.717, 1.165) is 29.4 Å². The Labute approximate surface area is 149 Å². The third-order valence-electron chi connectivity index (χ3n) is 3.22. The molecule has 0 amide bonds. The van der Waals surface area contributed by atoms with E-state index in [4.69, 9.17) is 23.8 Å². The Morgan fingerprint density at radius 3 is 2.91 bits per heavy atom. The average Bonchev–Trinajstić information content (AvgIpc) is 3.04. The number of benzene rings is 2. The molecule has 0 fully saturated rings. The summed E-state index contributed by atoms with van der Waals surface area (Å²) in [5, 5.41) is 0.723. The van der Waals surface area contributed by atoms with Gasteiger partial charge in [-0.25, -0.2) is 4.98 Å². The number of fused-ring (bicyclic) bond motifs is 2. The van der Waals surface area contributed by atoms with Crippen molar-refractivity contribution >= 4 is 78.7 Å². The molecule has 7 heteroatoms. The molecular weight excluding hydrogens is 372 g/mol. The molecule has 0 aliphatic heterocycles. The molecule has 4 rings (SSSR count). The first-order valence-corrected chi connectivity index (χ1v) is 9.88. The second-order valence-electron chi connectivity index (χ2n) is 4.63. The summed E-state index contributed by atoms with van der Waals surface area (Å²) in [5.41, 5.74) is 2.15. The molecule has 0 saturated carbocycles. The number of halogens is 1. The molecule has 4 aromatic rings. The molecule has 0 aliphatic rings. The smallest absolute Gasteiger partial charge is 0.162 e. The number of aromatic nitrogens is 2. The third-order valence-corrected chi connectivity index (χ3v) is 7.05. The van der Waals surface area contributed by atoms with E-state index < -0.39 is 0 Å². The van der Waals surface area contributed by atoms with E-state index in [9.17, 15) is 0 Å². The highest BCUT2D eigenvalue weighted by Crippen LogP contribution is 2.33. The van der Waals surface area contributed by atoms with Gasteiger partial charge in [-0.15, -0.1) is 22.7 Å².